The van der Waals surface area contributed by atoms with E-state index in [1.54, 1.807) is 0 Å². The van der Waals surface area contributed by atoms with E-state index in [0.717, 1.165) is 0 Å². The first-order valence-electron chi connectivity index (χ1n) is 4.11. The quantitative estimate of drug-likeness (QED) is 0.562. The van der Waals surface area contributed by atoms with Crippen LogP contribution in [0.5, 0.6) is 0 Å². The molecule has 0 aromatic heterocycles. The maximum Gasteiger partial charge on any atom is 0.272 e. The Labute approximate surface area is 85.1 Å². The monoisotopic (exact) mass is 208 g/mol. The van der Waals surface area contributed by atoms with Crippen molar-refractivity contribution in [2.75, 3.05) is 0 Å². The molecule has 15 heavy (non-hydrogen) atoms. The van der Waals surface area contributed by atoms with Crippen molar-refractivity contribution in [1.29, 1.82) is 0 Å². The molecule has 0 radical (unpaired) electrons. The number of nitro groups is 2. The first kappa shape index (κ1) is 10.8. The zero-order valence-electron chi connectivity index (χ0n) is 7.91. The summed E-state index contributed by atoms with van der Waals surface area (Å²) in [5.41, 5.74) is -0.0656. The smallest absolute Gasteiger partial charge is 0.258 e. The summed E-state index contributed by atoms with van der Waals surface area (Å²) in [5, 5.41) is 21.0. The third-order valence-electron chi connectivity index (χ3n) is 1.82. The minimum atomic E-state index is -0.587. The molecule has 0 amide bonds. The maximum atomic E-state index is 10.6. The van der Waals surface area contributed by atoms with Gasteiger partial charge in [-0.05, 0) is 19.1 Å². The Morgan fingerprint density at radius 3 is 2.47 bits per heavy atom. The van der Waals surface area contributed by atoms with Crippen LogP contribution in [0.3, 0.4) is 0 Å². The molecule has 0 unspecified atom stereocenters. The normalized spacial score (nSPS) is 11.1. The lowest BCUT2D eigenvalue weighted by Crippen LogP contribution is -1.98. The van der Waals surface area contributed by atoms with Gasteiger partial charge in [0.2, 0.25) is 0 Å². The van der Waals surface area contributed by atoms with Crippen LogP contribution in [-0.2, 0) is 0 Å². The van der Waals surface area contributed by atoms with Gasteiger partial charge in [-0.2, -0.15) is 0 Å². The van der Waals surface area contributed by atoms with Crippen molar-refractivity contribution in [1.82, 2.24) is 0 Å². The molecule has 1 aromatic carbocycles. The average molecular weight is 208 g/mol. The molecule has 6 heteroatoms. The van der Waals surface area contributed by atoms with Crippen LogP contribution < -0.4 is 0 Å². The van der Waals surface area contributed by atoms with E-state index in [0.29, 0.717) is 0 Å². The van der Waals surface area contributed by atoms with E-state index in [1.807, 2.05) is 0 Å². The maximum absolute atomic E-state index is 10.6. The highest BCUT2D eigenvalue weighted by molar-refractivity contribution is 5.60. The Hall–Kier alpha value is -2.24. The Kier molecular flexibility index (Phi) is 3.12. The second-order valence-electron chi connectivity index (χ2n) is 2.74. The molecule has 0 N–H and O–H groups in total. The molecule has 0 fully saturated rings. The second-order valence-corrected chi connectivity index (χ2v) is 2.74. The van der Waals surface area contributed by atoms with Gasteiger partial charge in [0.05, 0.1) is 15.4 Å². The summed E-state index contributed by atoms with van der Waals surface area (Å²) < 4.78 is 0. The summed E-state index contributed by atoms with van der Waals surface area (Å²) >= 11 is 0. The summed E-state index contributed by atoms with van der Waals surface area (Å²) in [6, 6.07) is 5.35. The van der Waals surface area contributed by atoms with E-state index < -0.39 is 9.85 Å². The molecule has 0 spiro atoms. The van der Waals surface area contributed by atoms with Crippen LogP contribution in [0, 0.1) is 20.2 Å². The number of allylic oxidation sites excluding steroid dienone is 1. The molecule has 0 aliphatic rings. The molecule has 1 rings (SSSR count). The predicted molar refractivity (Wildman–Crippen MR) is 53.7 cm³/mol. The van der Waals surface area contributed by atoms with Crippen LogP contribution in [0.4, 0.5) is 5.69 Å². The van der Waals surface area contributed by atoms with Gasteiger partial charge in [-0.1, -0.05) is 6.07 Å². The molecular weight excluding hydrogens is 200 g/mol. The standard InChI is InChI=1S/C9H8N2O4/c1-2-9(11(14)15)7-4-3-5-8(6-7)10(12)13/h2-6H,1H3/b9-2-. The highest BCUT2D eigenvalue weighted by Crippen LogP contribution is 2.20. The highest BCUT2D eigenvalue weighted by atomic mass is 16.6. The second kappa shape index (κ2) is 4.32. The van der Waals surface area contributed by atoms with Gasteiger partial charge in [-0.3, -0.25) is 20.2 Å². The van der Waals surface area contributed by atoms with E-state index in [4.69, 9.17) is 0 Å². The zero-order chi connectivity index (χ0) is 11.4. The zero-order valence-corrected chi connectivity index (χ0v) is 7.91. The van der Waals surface area contributed by atoms with Gasteiger partial charge in [0.15, 0.2) is 0 Å². The third kappa shape index (κ3) is 2.37. The Morgan fingerprint density at radius 1 is 1.33 bits per heavy atom. The highest BCUT2D eigenvalue weighted by Gasteiger charge is 2.15. The van der Waals surface area contributed by atoms with Crippen molar-refractivity contribution < 1.29 is 9.85 Å². The number of benzene rings is 1. The average Bonchev–Trinajstić information content (AvgIpc) is 2.18. The summed E-state index contributed by atoms with van der Waals surface area (Å²) in [7, 11) is 0. The van der Waals surface area contributed by atoms with Gasteiger partial charge in [0.1, 0.15) is 0 Å². The van der Waals surface area contributed by atoms with Crippen molar-refractivity contribution in [2.45, 2.75) is 6.92 Å². The fraction of sp³-hybridized carbons (Fsp3) is 0.111. The number of non-ortho nitro benzene ring substituents is 1. The number of nitro benzene ring substituents is 1. The lowest BCUT2D eigenvalue weighted by atomic mass is 10.1. The van der Waals surface area contributed by atoms with Gasteiger partial charge in [0.25, 0.3) is 11.4 Å². The van der Waals surface area contributed by atoms with E-state index in [2.05, 4.69) is 0 Å². The van der Waals surface area contributed by atoms with Crippen molar-refractivity contribution in [2.24, 2.45) is 0 Å². The molecule has 0 saturated heterocycles. The number of rotatable bonds is 3. The molecule has 0 heterocycles. The van der Waals surface area contributed by atoms with Crippen molar-refractivity contribution >= 4 is 11.4 Å². The molecule has 78 valence electrons. The lowest BCUT2D eigenvalue weighted by Gasteiger charge is -1.97. The molecule has 0 atom stereocenters. The van der Waals surface area contributed by atoms with E-state index >= 15 is 0 Å². The number of nitrogens with zero attached hydrogens (tertiary/aromatic N) is 2. The number of hydrogen-bond acceptors (Lipinski definition) is 4. The van der Waals surface area contributed by atoms with Gasteiger partial charge < -0.3 is 0 Å². The molecule has 1 aromatic rings. The Morgan fingerprint density at radius 2 is 2.00 bits per heavy atom. The fourth-order valence-electron chi connectivity index (χ4n) is 1.16. The Bertz CT molecular complexity index is 439. The molecule has 0 aliphatic heterocycles. The largest absolute Gasteiger partial charge is 0.272 e. The molecule has 6 nitrogen and oxygen atoms in total. The van der Waals surface area contributed by atoms with E-state index in [1.165, 1.54) is 37.3 Å². The fourth-order valence-corrected chi connectivity index (χ4v) is 1.16. The van der Waals surface area contributed by atoms with Crippen LogP contribution in [0.25, 0.3) is 5.70 Å². The van der Waals surface area contributed by atoms with Crippen LogP contribution >= 0.6 is 0 Å². The predicted octanol–water partition coefficient (Wildman–Crippen LogP) is 2.23. The SMILES string of the molecule is C/C=C(/c1cccc([N+](=O)[O-])c1)[N+](=O)[O-]. The topological polar surface area (TPSA) is 86.3 Å². The summed E-state index contributed by atoms with van der Waals surface area (Å²) in [6.07, 6.45) is 1.30. The van der Waals surface area contributed by atoms with Gasteiger partial charge in [-0.25, -0.2) is 0 Å². The van der Waals surface area contributed by atoms with Crippen molar-refractivity contribution in [3.63, 3.8) is 0 Å². The third-order valence-corrected chi connectivity index (χ3v) is 1.82. The first-order chi connectivity index (χ1) is 7.06. The van der Waals surface area contributed by atoms with Crippen LogP contribution in [0.1, 0.15) is 12.5 Å². The summed E-state index contributed by atoms with van der Waals surface area (Å²) in [6.45, 7) is 1.51. The minimum Gasteiger partial charge on any atom is -0.258 e. The minimum absolute atomic E-state index is 0.140. The first-order valence-corrected chi connectivity index (χ1v) is 4.11. The number of hydrogen-bond donors (Lipinski definition) is 0. The van der Waals surface area contributed by atoms with Gasteiger partial charge in [0, 0.05) is 12.1 Å². The molecule has 0 bridgehead atoms. The van der Waals surface area contributed by atoms with Crippen LogP contribution in [-0.4, -0.2) is 9.85 Å². The molecule has 0 saturated carbocycles. The molecular formula is C9H8N2O4. The molecule has 0 aliphatic carbocycles. The summed E-state index contributed by atoms with van der Waals surface area (Å²) in [5.74, 6) is 0. The van der Waals surface area contributed by atoms with Crippen LogP contribution in [0.15, 0.2) is 30.3 Å². The lowest BCUT2D eigenvalue weighted by molar-refractivity contribution is -0.385. The van der Waals surface area contributed by atoms with Crippen LogP contribution in [0.2, 0.25) is 0 Å². The van der Waals surface area contributed by atoms with Gasteiger partial charge in [-0.15, -0.1) is 0 Å². The Balaban J connectivity index is 3.21. The van der Waals surface area contributed by atoms with E-state index in [-0.39, 0.29) is 16.9 Å². The van der Waals surface area contributed by atoms with Gasteiger partial charge >= 0.3 is 0 Å². The van der Waals surface area contributed by atoms with Crippen molar-refractivity contribution in [3.8, 4) is 0 Å². The van der Waals surface area contributed by atoms with E-state index in [9.17, 15) is 20.2 Å². The van der Waals surface area contributed by atoms with Crippen molar-refractivity contribution in [3.05, 3.63) is 56.1 Å². The summed E-state index contributed by atoms with van der Waals surface area (Å²) in [4.78, 5) is 19.9.